The van der Waals surface area contributed by atoms with Crippen LogP contribution in [0.4, 0.5) is 0 Å². The van der Waals surface area contributed by atoms with E-state index in [0.717, 1.165) is 12.0 Å². The van der Waals surface area contributed by atoms with E-state index in [1.165, 1.54) is 5.57 Å². The van der Waals surface area contributed by atoms with E-state index < -0.39 is 0 Å². The molecule has 0 bridgehead atoms. The van der Waals surface area contributed by atoms with Gasteiger partial charge in [0.25, 0.3) is 0 Å². The minimum atomic E-state index is -0.190. The van der Waals surface area contributed by atoms with Crippen molar-refractivity contribution in [1.82, 2.24) is 0 Å². The molecule has 0 aliphatic carbocycles. The number of allylic oxidation sites excluding steroid dienone is 3. The van der Waals surface area contributed by atoms with Crippen molar-refractivity contribution in [3.8, 4) is 0 Å². The highest BCUT2D eigenvalue weighted by atomic mass is 16.5. The Kier molecular flexibility index (Phi) is 7.41. The van der Waals surface area contributed by atoms with Crippen molar-refractivity contribution < 1.29 is 9.53 Å². The lowest BCUT2D eigenvalue weighted by Crippen LogP contribution is -2.07. The number of rotatable bonds is 7. The molecule has 1 aromatic carbocycles. The Morgan fingerprint density at radius 1 is 1.25 bits per heavy atom. The molecule has 1 rings (SSSR count). The lowest BCUT2D eigenvalue weighted by molar-refractivity contribution is -0.141. The van der Waals surface area contributed by atoms with Gasteiger partial charge in [0.1, 0.15) is 6.61 Å². The average Bonchev–Trinajstić information content (AvgIpc) is 2.42. The van der Waals surface area contributed by atoms with Gasteiger partial charge in [0.05, 0.1) is 6.42 Å². The number of benzene rings is 1. The average molecular weight is 272 g/mol. The van der Waals surface area contributed by atoms with Crippen molar-refractivity contribution in [2.75, 3.05) is 6.61 Å². The SMILES string of the molecule is CC(/C=C/COC(=O)Cc1ccccc1)=C\CC(C)C. The maximum absolute atomic E-state index is 11.6. The summed E-state index contributed by atoms with van der Waals surface area (Å²) in [6.45, 7) is 6.78. The maximum atomic E-state index is 11.6. The lowest BCUT2D eigenvalue weighted by Gasteiger charge is -2.02. The number of hydrogen-bond acceptors (Lipinski definition) is 2. The highest BCUT2D eigenvalue weighted by Gasteiger charge is 2.02. The van der Waals surface area contributed by atoms with Gasteiger partial charge in [-0.1, -0.05) is 61.9 Å². The fourth-order valence-corrected chi connectivity index (χ4v) is 1.68. The Bertz CT molecular complexity index is 456. The van der Waals surface area contributed by atoms with Gasteiger partial charge in [-0.2, -0.15) is 0 Å². The van der Waals surface area contributed by atoms with Crippen molar-refractivity contribution in [2.45, 2.75) is 33.6 Å². The van der Waals surface area contributed by atoms with Gasteiger partial charge in [0.15, 0.2) is 0 Å². The molecule has 2 heteroatoms. The van der Waals surface area contributed by atoms with Crippen LogP contribution in [-0.2, 0) is 16.0 Å². The summed E-state index contributed by atoms with van der Waals surface area (Å²) in [7, 11) is 0. The molecule has 0 fully saturated rings. The van der Waals surface area contributed by atoms with Gasteiger partial charge in [-0.15, -0.1) is 0 Å². The van der Waals surface area contributed by atoms with Crippen molar-refractivity contribution in [3.05, 3.63) is 59.7 Å². The summed E-state index contributed by atoms with van der Waals surface area (Å²) in [6, 6.07) is 9.63. The van der Waals surface area contributed by atoms with Gasteiger partial charge < -0.3 is 4.74 Å². The Hall–Kier alpha value is -1.83. The molecule has 0 amide bonds. The second-order valence-corrected chi connectivity index (χ2v) is 5.33. The van der Waals surface area contributed by atoms with Crippen molar-refractivity contribution in [3.63, 3.8) is 0 Å². The molecule has 0 saturated carbocycles. The smallest absolute Gasteiger partial charge is 0.310 e. The summed E-state index contributed by atoms with van der Waals surface area (Å²) >= 11 is 0. The molecule has 0 heterocycles. The lowest BCUT2D eigenvalue weighted by atomic mass is 10.1. The van der Waals surface area contributed by atoms with Crippen molar-refractivity contribution >= 4 is 5.97 Å². The van der Waals surface area contributed by atoms with Gasteiger partial charge >= 0.3 is 5.97 Å². The Labute approximate surface area is 122 Å². The van der Waals surface area contributed by atoms with E-state index in [2.05, 4.69) is 26.8 Å². The van der Waals surface area contributed by atoms with E-state index in [0.29, 0.717) is 18.9 Å². The molecule has 0 N–H and O–H groups in total. The van der Waals surface area contributed by atoms with Gasteiger partial charge in [0.2, 0.25) is 0 Å². The third-order valence-electron chi connectivity index (χ3n) is 2.82. The first kappa shape index (κ1) is 16.2. The van der Waals surface area contributed by atoms with Gasteiger partial charge in [0, 0.05) is 0 Å². The van der Waals surface area contributed by atoms with Crippen LogP contribution in [0.1, 0.15) is 32.8 Å². The molecule has 20 heavy (non-hydrogen) atoms. The molecule has 0 atom stereocenters. The van der Waals surface area contributed by atoms with Gasteiger partial charge in [-0.3, -0.25) is 4.79 Å². The first-order chi connectivity index (χ1) is 9.58. The molecule has 0 saturated heterocycles. The minimum absolute atomic E-state index is 0.190. The molecule has 0 radical (unpaired) electrons. The molecule has 108 valence electrons. The predicted molar refractivity (Wildman–Crippen MR) is 83.5 cm³/mol. The zero-order valence-corrected chi connectivity index (χ0v) is 12.6. The van der Waals surface area contributed by atoms with Crippen LogP contribution in [-0.4, -0.2) is 12.6 Å². The molecule has 0 spiro atoms. The Morgan fingerprint density at radius 3 is 2.60 bits per heavy atom. The van der Waals surface area contributed by atoms with Crippen LogP contribution in [0.5, 0.6) is 0 Å². The summed E-state index contributed by atoms with van der Waals surface area (Å²) in [4.78, 5) is 11.6. The van der Waals surface area contributed by atoms with E-state index in [9.17, 15) is 4.79 Å². The van der Waals surface area contributed by atoms with Crippen LogP contribution >= 0.6 is 0 Å². The third kappa shape index (κ3) is 7.57. The third-order valence-corrected chi connectivity index (χ3v) is 2.82. The van der Waals surface area contributed by atoms with Gasteiger partial charge in [-0.05, 0) is 30.9 Å². The van der Waals surface area contributed by atoms with E-state index in [1.54, 1.807) is 0 Å². The number of ether oxygens (including phenoxy) is 1. The van der Waals surface area contributed by atoms with E-state index in [4.69, 9.17) is 4.74 Å². The fraction of sp³-hybridized carbons (Fsp3) is 0.389. The van der Waals surface area contributed by atoms with Crippen molar-refractivity contribution in [1.29, 1.82) is 0 Å². The highest BCUT2D eigenvalue weighted by molar-refractivity contribution is 5.72. The highest BCUT2D eigenvalue weighted by Crippen LogP contribution is 2.05. The topological polar surface area (TPSA) is 26.3 Å². The molecule has 0 aliphatic heterocycles. The summed E-state index contributed by atoms with van der Waals surface area (Å²) in [5.41, 5.74) is 2.19. The fourth-order valence-electron chi connectivity index (χ4n) is 1.68. The number of esters is 1. The van der Waals surface area contributed by atoms with Crippen LogP contribution in [0.3, 0.4) is 0 Å². The van der Waals surface area contributed by atoms with Crippen LogP contribution in [0, 0.1) is 5.92 Å². The van der Waals surface area contributed by atoms with E-state index in [-0.39, 0.29) is 5.97 Å². The summed E-state index contributed by atoms with van der Waals surface area (Å²) in [5.74, 6) is 0.478. The van der Waals surface area contributed by atoms with Crippen molar-refractivity contribution in [2.24, 2.45) is 5.92 Å². The molecule has 0 aliphatic rings. The second kappa shape index (κ2) is 9.13. The maximum Gasteiger partial charge on any atom is 0.310 e. The van der Waals surface area contributed by atoms with Gasteiger partial charge in [-0.25, -0.2) is 0 Å². The van der Waals surface area contributed by atoms with Crippen LogP contribution in [0.15, 0.2) is 54.1 Å². The molecule has 1 aromatic rings. The van der Waals surface area contributed by atoms with Crippen LogP contribution in [0.2, 0.25) is 0 Å². The molecule has 2 nitrogen and oxygen atoms in total. The quantitative estimate of drug-likeness (QED) is 0.546. The number of carbonyl (C=O) groups excluding carboxylic acids is 1. The Balaban J connectivity index is 2.26. The zero-order chi connectivity index (χ0) is 14.8. The first-order valence-electron chi connectivity index (χ1n) is 7.10. The standard InChI is InChI=1S/C18H24O2/c1-15(2)11-12-16(3)8-7-13-20-18(19)14-17-9-5-4-6-10-17/h4-10,12,15H,11,13-14H2,1-3H3/b8-7+,16-12+. The molecule has 0 unspecified atom stereocenters. The summed E-state index contributed by atoms with van der Waals surface area (Å²) < 4.78 is 5.17. The zero-order valence-electron chi connectivity index (χ0n) is 12.6. The molecule has 0 aromatic heterocycles. The monoisotopic (exact) mass is 272 g/mol. The van der Waals surface area contributed by atoms with E-state index in [1.807, 2.05) is 42.5 Å². The van der Waals surface area contributed by atoms with E-state index >= 15 is 0 Å². The summed E-state index contributed by atoms with van der Waals surface area (Å²) in [5, 5.41) is 0. The van der Waals surface area contributed by atoms with Crippen LogP contribution in [0.25, 0.3) is 0 Å². The minimum Gasteiger partial charge on any atom is -0.461 e. The first-order valence-corrected chi connectivity index (χ1v) is 7.10. The number of carbonyl (C=O) groups is 1. The second-order valence-electron chi connectivity index (χ2n) is 5.33. The normalized spacial score (nSPS) is 12.1. The summed E-state index contributed by atoms with van der Waals surface area (Å²) in [6.07, 6.45) is 7.49. The molecular formula is C18H24O2. The predicted octanol–water partition coefficient (Wildman–Crippen LogP) is 4.32. The van der Waals surface area contributed by atoms with Crippen LogP contribution < -0.4 is 0 Å². The number of hydrogen-bond donors (Lipinski definition) is 0. The Morgan fingerprint density at radius 2 is 1.95 bits per heavy atom. The molecular weight excluding hydrogens is 248 g/mol. The largest absolute Gasteiger partial charge is 0.461 e.